The van der Waals surface area contributed by atoms with Crippen LogP contribution < -0.4 is 9.04 Å². The molecule has 9 nitrogen and oxygen atoms in total. The van der Waals surface area contributed by atoms with Gasteiger partial charge in [0.2, 0.25) is 10.2 Å². The van der Waals surface area contributed by atoms with Crippen molar-refractivity contribution in [3.8, 4) is 17.1 Å². The van der Waals surface area contributed by atoms with Gasteiger partial charge in [-0.2, -0.15) is 13.6 Å². The highest BCUT2D eigenvalue weighted by Gasteiger charge is 2.32. The van der Waals surface area contributed by atoms with Gasteiger partial charge in [-0.3, -0.25) is 4.31 Å². The van der Waals surface area contributed by atoms with Crippen LogP contribution in [0.15, 0.2) is 46.1 Å². The van der Waals surface area contributed by atoms with E-state index >= 15 is 0 Å². The van der Waals surface area contributed by atoms with Crippen LogP contribution in [-0.4, -0.2) is 40.1 Å². The summed E-state index contributed by atoms with van der Waals surface area (Å²) in [6, 6.07) is 11.0. The molecule has 0 spiro atoms. The highest BCUT2D eigenvalue weighted by Crippen LogP contribution is 2.37. The first-order chi connectivity index (χ1) is 16.2. The summed E-state index contributed by atoms with van der Waals surface area (Å²) in [5.41, 5.74) is 4.91. The zero-order valence-electron chi connectivity index (χ0n) is 19.6. The zero-order valence-corrected chi connectivity index (χ0v) is 21.2. The van der Waals surface area contributed by atoms with E-state index in [1.54, 1.807) is 12.3 Å². The molecule has 1 N–H and O–H groups in total. The van der Waals surface area contributed by atoms with Crippen molar-refractivity contribution in [1.29, 1.82) is 0 Å². The van der Waals surface area contributed by atoms with Crippen LogP contribution in [0.2, 0.25) is 0 Å². The summed E-state index contributed by atoms with van der Waals surface area (Å²) in [4.78, 5) is 4.23. The molecular weight excluding hydrogens is 472 g/mol. The van der Waals surface area contributed by atoms with Crippen molar-refractivity contribution in [1.82, 2.24) is 25.6 Å². The van der Waals surface area contributed by atoms with Gasteiger partial charge >= 0.3 is 0 Å². The van der Waals surface area contributed by atoms with Crippen molar-refractivity contribution >= 4 is 27.0 Å². The Morgan fingerprint density at radius 1 is 1.09 bits per heavy atom. The van der Waals surface area contributed by atoms with Gasteiger partial charge in [-0.25, -0.2) is 4.98 Å². The lowest BCUT2D eigenvalue weighted by Gasteiger charge is -2.29. The van der Waals surface area contributed by atoms with E-state index in [0.29, 0.717) is 23.0 Å². The van der Waals surface area contributed by atoms with Gasteiger partial charge in [0.25, 0.3) is 10.0 Å². The molecule has 0 amide bonds. The molecule has 2 aromatic heterocycles. The average molecular weight is 499 g/mol. The molecule has 0 saturated heterocycles. The van der Waals surface area contributed by atoms with Crippen LogP contribution in [0, 0.1) is 20.8 Å². The summed E-state index contributed by atoms with van der Waals surface area (Å²) in [5.74, 6) is 1.01. The number of aryl methyl sites for hydroxylation is 3. The summed E-state index contributed by atoms with van der Waals surface area (Å²) < 4.78 is 34.8. The number of benzene rings is 2. The second kappa shape index (κ2) is 9.51. The van der Waals surface area contributed by atoms with Gasteiger partial charge in [-0.05, 0) is 68.7 Å². The van der Waals surface area contributed by atoms with Crippen molar-refractivity contribution in [3.05, 3.63) is 64.2 Å². The largest absolute Gasteiger partial charge is 0.487 e. The van der Waals surface area contributed by atoms with Crippen molar-refractivity contribution in [2.75, 3.05) is 4.31 Å². The van der Waals surface area contributed by atoms with Gasteiger partial charge in [-0.15, -0.1) is 21.5 Å². The first-order valence-electron chi connectivity index (χ1n) is 10.7. The number of tetrazole rings is 1. The Morgan fingerprint density at radius 3 is 2.38 bits per heavy atom. The van der Waals surface area contributed by atoms with E-state index in [4.69, 9.17) is 4.74 Å². The molecule has 34 heavy (non-hydrogen) atoms. The number of thiazole rings is 1. The van der Waals surface area contributed by atoms with Gasteiger partial charge in [0.1, 0.15) is 12.4 Å². The summed E-state index contributed by atoms with van der Waals surface area (Å²) in [6.07, 6.45) is 0. The number of anilines is 1. The highest BCUT2D eigenvalue weighted by molar-refractivity contribution is 7.94. The smallest absolute Gasteiger partial charge is 0.292 e. The average Bonchev–Trinajstić information content (AvgIpc) is 3.47. The van der Waals surface area contributed by atoms with Crippen molar-refractivity contribution in [2.45, 2.75) is 51.6 Å². The molecule has 0 saturated carbocycles. The van der Waals surface area contributed by atoms with E-state index in [0.717, 1.165) is 33.6 Å². The molecule has 178 valence electrons. The van der Waals surface area contributed by atoms with E-state index in [-0.39, 0.29) is 17.0 Å². The summed E-state index contributed by atoms with van der Waals surface area (Å²) >= 11 is 1.12. The van der Waals surface area contributed by atoms with Crippen LogP contribution >= 0.6 is 11.3 Å². The second-order valence-electron chi connectivity index (χ2n) is 8.27. The quantitative estimate of drug-likeness (QED) is 0.382. The van der Waals surface area contributed by atoms with Crippen molar-refractivity contribution in [2.24, 2.45) is 0 Å². The molecule has 0 bridgehead atoms. The number of H-pyrrole nitrogens is 1. The van der Waals surface area contributed by atoms with Gasteiger partial charge in [-0.1, -0.05) is 24.3 Å². The molecular formula is C23H26N6O3S2. The molecule has 4 rings (SSSR count). The zero-order chi connectivity index (χ0) is 24.5. The van der Waals surface area contributed by atoms with E-state index < -0.39 is 10.0 Å². The molecule has 0 aliphatic carbocycles. The molecule has 2 aromatic carbocycles. The Balaban J connectivity index is 1.66. The lowest BCUT2D eigenvalue weighted by Crippen LogP contribution is -2.37. The van der Waals surface area contributed by atoms with Crippen LogP contribution in [-0.2, 0) is 16.6 Å². The molecule has 0 unspecified atom stereocenters. The highest BCUT2D eigenvalue weighted by atomic mass is 32.2. The summed E-state index contributed by atoms with van der Waals surface area (Å²) in [7, 11) is -3.86. The molecule has 0 radical (unpaired) electrons. The van der Waals surface area contributed by atoms with Gasteiger partial charge in [0.05, 0.1) is 5.69 Å². The molecule has 0 atom stereocenters. The number of hydrogen-bond donors (Lipinski definition) is 1. The monoisotopic (exact) mass is 498 g/mol. The van der Waals surface area contributed by atoms with Crippen LogP contribution in [0.4, 0.5) is 5.69 Å². The maximum atomic E-state index is 13.6. The van der Waals surface area contributed by atoms with Gasteiger partial charge < -0.3 is 4.74 Å². The predicted octanol–water partition coefficient (Wildman–Crippen LogP) is 4.43. The molecule has 4 aromatic rings. The third kappa shape index (κ3) is 4.80. The molecule has 11 heteroatoms. The van der Waals surface area contributed by atoms with Crippen LogP contribution in [0.5, 0.6) is 5.75 Å². The number of nitrogens with one attached hydrogen (secondary N) is 1. The fourth-order valence-electron chi connectivity index (χ4n) is 3.48. The molecule has 0 aliphatic rings. The number of ether oxygens (including phenoxy) is 1. The number of aromatic amines is 1. The number of sulfonamides is 1. The minimum Gasteiger partial charge on any atom is -0.487 e. The number of hydrogen-bond acceptors (Lipinski definition) is 8. The Kier molecular flexibility index (Phi) is 6.67. The van der Waals surface area contributed by atoms with E-state index in [1.165, 1.54) is 4.31 Å². The Hall–Kier alpha value is -3.31. The second-order valence-corrected chi connectivity index (χ2v) is 11.1. The topological polar surface area (TPSA) is 114 Å². The SMILES string of the molecule is Cc1csc(S(=O)(=O)N(c2cc(C)c(C)cc2OCc2ccc(-c3nn[nH]n3)cc2)C(C)C)n1. The summed E-state index contributed by atoms with van der Waals surface area (Å²) in [6.45, 7) is 9.66. The van der Waals surface area contributed by atoms with Crippen LogP contribution in [0.3, 0.4) is 0 Å². The van der Waals surface area contributed by atoms with Crippen molar-refractivity contribution in [3.63, 3.8) is 0 Å². The fraction of sp³-hybridized carbons (Fsp3) is 0.304. The predicted molar refractivity (Wildman–Crippen MR) is 132 cm³/mol. The standard InChI is InChI=1S/C23H26N6O3S2/c1-14(2)29(34(30,31)23-24-17(5)13-33-23)20-10-15(3)16(4)11-21(20)32-12-18-6-8-19(9-7-18)22-25-27-28-26-22/h6-11,13-14H,12H2,1-5H3,(H,25,26,27,28). The van der Waals surface area contributed by atoms with Gasteiger partial charge in [0, 0.05) is 22.7 Å². The molecule has 0 fully saturated rings. The number of rotatable bonds is 8. The normalized spacial score (nSPS) is 11.7. The molecule has 2 heterocycles. The maximum Gasteiger partial charge on any atom is 0.292 e. The summed E-state index contributed by atoms with van der Waals surface area (Å²) in [5, 5.41) is 15.7. The first-order valence-corrected chi connectivity index (χ1v) is 13.0. The van der Waals surface area contributed by atoms with E-state index in [9.17, 15) is 8.42 Å². The molecule has 0 aliphatic heterocycles. The third-order valence-electron chi connectivity index (χ3n) is 5.31. The number of aromatic nitrogens is 5. The number of nitrogens with zero attached hydrogens (tertiary/aromatic N) is 5. The lowest BCUT2D eigenvalue weighted by molar-refractivity contribution is 0.306. The third-order valence-corrected chi connectivity index (χ3v) is 8.65. The Labute approximate surface area is 202 Å². The van der Waals surface area contributed by atoms with Crippen LogP contribution in [0.1, 0.15) is 36.2 Å². The minimum absolute atomic E-state index is 0.0694. The van der Waals surface area contributed by atoms with E-state index in [2.05, 4.69) is 25.6 Å². The van der Waals surface area contributed by atoms with Crippen molar-refractivity contribution < 1.29 is 13.2 Å². The Bertz CT molecular complexity index is 1380. The first kappa shape index (κ1) is 23.8. The van der Waals surface area contributed by atoms with Crippen LogP contribution in [0.25, 0.3) is 11.4 Å². The Morgan fingerprint density at radius 2 is 1.79 bits per heavy atom. The van der Waals surface area contributed by atoms with Gasteiger partial charge in [0.15, 0.2) is 0 Å². The van der Waals surface area contributed by atoms with E-state index in [1.807, 2.05) is 64.1 Å². The maximum absolute atomic E-state index is 13.6. The lowest BCUT2D eigenvalue weighted by atomic mass is 10.1. The minimum atomic E-state index is -3.86. The fourth-order valence-corrected chi connectivity index (χ4v) is 6.25.